The zero-order valence-corrected chi connectivity index (χ0v) is 16.0. The molecule has 3 aromatic carbocycles. The minimum Gasteiger partial charge on any atom is -0.289 e. The fourth-order valence-electron chi connectivity index (χ4n) is 3.01. The molecule has 134 valence electrons. The first-order valence-corrected chi connectivity index (χ1v) is 9.68. The lowest BCUT2D eigenvalue weighted by atomic mass is 10.0. The molecule has 5 heteroatoms. The summed E-state index contributed by atoms with van der Waals surface area (Å²) in [6.07, 6.45) is 0. The van der Waals surface area contributed by atoms with Gasteiger partial charge in [0.1, 0.15) is 10.9 Å². The van der Waals surface area contributed by atoms with Crippen molar-refractivity contribution in [2.45, 2.75) is 24.1 Å². The molecular formula is C22H19N3OS. The van der Waals surface area contributed by atoms with E-state index in [0.717, 1.165) is 21.5 Å². The van der Waals surface area contributed by atoms with Crippen LogP contribution in [-0.2, 0) is 0 Å². The van der Waals surface area contributed by atoms with Gasteiger partial charge in [-0.1, -0.05) is 71.1 Å². The largest absolute Gasteiger partial charge is 0.289 e. The van der Waals surface area contributed by atoms with E-state index in [9.17, 15) is 4.79 Å². The molecule has 1 heterocycles. The monoisotopic (exact) mass is 373 g/mol. The second-order valence-electron chi connectivity index (χ2n) is 6.43. The first-order valence-electron chi connectivity index (χ1n) is 8.80. The standard InChI is InChI=1S/C22H19N3OS/c1-15-11-13-17(14-12-15)22(26)18-7-3-6-10-21(18)27-16(2)25-20-9-5-4-8-19(20)23-24-25/h3-14,16H,1-2H3. The molecule has 0 radical (unpaired) electrons. The molecule has 1 aromatic heterocycles. The van der Waals surface area contributed by atoms with Crippen LogP contribution in [0.15, 0.2) is 77.7 Å². The number of rotatable bonds is 5. The fourth-order valence-corrected chi connectivity index (χ4v) is 4.07. The second kappa shape index (κ2) is 7.37. The van der Waals surface area contributed by atoms with Gasteiger partial charge in [-0.3, -0.25) is 4.79 Å². The zero-order chi connectivity index (χ0) is 18.8. The number of benzene rings is 3. The van der Waals surface area contributed by atoms with Crippen LogP contribution in [0.1, 0.15) is 33.8 Å². The molecule has 4 aromatic rings. The number of para-hydroxylation sites is 1. The van der Waals surface area contributed by atoms with Crippen LogP contribution in [0.3, 0.4) is 0 Å². The number of nitrogens with zero attached hydrogens (tertiary/aromatic N) is 3. The predicted molar refractivity (Wildman–Crippen MR) is 109 cm³/mol. The SMILES string of the molecule is Cc1ccc(C(=O)c2ccccc2SC(C)n2nnc3ccccc32)cc1. The lowest BCUT2D eigenvalue weighted by molar-refractivity contribution is 0.103. The number of thioether (sulfide) groups is 1. The van der Waals surface area contributed by atoms with Crippen LogP contribution in [0.5, 0.6) is 0 Å². The zero-order valence-electron chi connectivity index (χ0n) is 15.2. The Bertz CT molecular complexity index is 1100. The van der Waals surface area contributed by atoms with Crippen molar-refractivity contribution in [1.82, 2.24) is 15.0 Å². The maximum Gasteiger partial charge on any atom is 0.194 e. The summed E-state index contributed by atoms with van der Waals surface area (Å²) >= 11 is 1.61. The van der Waals surface area contributed by atoms with Gasteiger partial charge in [0.25, 0.3) is 0 Å². The first kappa shape index (κ1) is 17.5. The van der Waals surface area contributed by atoms with E-state index in [4.69, 9.17) is 0 Å². The van der Waals surface area contributed by atoms with Crippen molar-refractivity contribution in [3.63, 3.8) is 0 Å². The van der Waals surface area contributed by atoms with E-state index < -0.39 is 0 Å². The molecule has 4 nitrogen and oxygen atoms in total. The third kappa shape index (κ3) is 3.51. The molecule has 0 saturated heterocycles. The number of aryl methyl sites for hydroxylation is 1. The first-order chi connectivity index (χ1) is 13.1. The molecule has 0 spiro atoms. The molecule has 0 aliphatic heterocycles. The number of carbonyl (C=O) groups is 1. The molecule has 0 saturated carbocycles. The lowest BCUT2D eigenvalue weighted by Crippen LogP contribution is -2.07. The molecule has 0 aliphatic carbocycles. The van der Waals surface area contributed by atoms with Crippen molar-refractivity contribution < 1.29 is 4.79 Å². The molecule has 0 aliphatic rings. The van der Waals surface area contributed by atoms with Crippen LogP contribution < -0.4 is 0 Å². The Kier molecular flexibility index (Phi) is 4.77. The Balaban J connectivity index is 1.65. The van der Waals surface area contributed by atoms with Crippen LogP contribution in [0.25, 0.3) is 11.0 Å². The highest BCUT2D eigenvalue weighted by atomic mass is 32.2. The Morgan fingerprint density at radius 1 is 0.963 bits per heavy atom. The third-order valence-electron chi connectivity index (χ3n) is 4.46. The average Bonchev–Trinajstić information content (AvgIpc) is 3.13. The molecule has 0 N–H and O–H groups in total. The summed E-state index contributed by atoms with van der Waals surface area (Å²) in [5, 5.41) is 8.53. The quantitative estimate of drug-likeness (QED) is 0.353. The number of hydrogen-bond acceptors (Lipinski definition) is 4. The van der Waals surface area contributed by atoms with E-state index >= 15 is 0 Å². The highest BCUT2D eigenvalue weighted by molar-refractivity contribution is 7.99. The summed E-state index contributed by atoms with van der Waals surface area (Å²) < 4.78 is 1.90. The normalized spacial score (nSPS) is 12.2. The van der Waals surface area contributed by atoms with Gasteiger partial charge in [0.05, 0.1) is 5.52 Å². The Labute approximate surface area is 162 Å². The number of hydrogen-bond donors (Lipinski definition) is 0. The molecule has 0 amide bonds. The van der Waals surface area contributed by atoms with E-state index in [1.807, 2.05) is 84.4 Å². The van der Waals surface area contributed by atoms with Crippen LogP contribution in [-0.4, -0.2) is 20.8 Å². The van der Waals surface area contributed by atoms with Crippen molar-refractivity contribution in [1.29, 1.82) is 0 Å². The molecule has 0 bridgehead atoms. The van der Waals surface area contributed by atoms with E-state index in [2.05, 4.69) is 17.2 Å². The minimum absolute atomic E-state index is 0.00404. The lowest BCUT2D eigenvalue weighted by Gasteiger charge is -2.15. The Morgan fingerprint density at radius 2 is 1.67 bits per heavy atom. The summed E-state index contributed by atoms with van der Waals surface area (Å²) in [6.45, 7) is 4.08. The van der Waals surface area contributed by atoms with E-state index in [-0.39, 0.29) is 11.2 Å². The molecule has 1 atom stereocenters. The van der Waals surface area contributed by atoms with E-state index in [1.54, 1.807) is 11.8 Å². The van der Waals surface area contributed by atoms with Gasteiger partial charge < -0.3 is 0 Å². The van der Waals surface area contributed by atoms with Crippen molar-refractivity contribution in [2.75, 3.05) is 0 Å². The number of fused-ring (bicyclic) bond motifs is 1. The van der Waals surface area contributed by atoms with Crippen molar-refractivity contribution in [2.24, 2.45) is 0 Å². The maximum absolute atomic E-state index is 13.0. The molecular weight excluding hydrogens is 354 g/mol. The van der Waals surface area contributed by atoms with Crippen molar-refractivity contribution in [3.05, 3.63) is 89.5 Å². The minimum atomic E-state index is 0.00404. The summed E-state index contributed by atoms with van der Waals surface area (Å²) in [7, 11) is 0. The molecule has 27 heavy (non-hydrogen) atoms. The van der Waals surface area contributed by atoms with Gasteiger partial charge in [0, 0.05) is 16.0 Å². The second-order valence-corrected chi connectivity index (χ2v) is 7.79. The van der Waals surface area contributed by atoms with Crippen molar-refractivity contribution in [3.8, 4) is 0 Å². The molecule has 1 unspecified atom stereocenters. The fraction of sp³-hybridized carbons (Fsp3) is 0.136. The summed E-state index contributed by atoms with van der Waals surface area (Å²) in [6, 6.07) is 23.3. The average molecular weight is 373 g/mol. The van der Waals surface area contributed by atoms with Gasteiger partial charge in [-0.25, -0.2) is 4.68 Å². The maximum atomic E-state index is 13.0. The highest BCUT2D eigenvalue weighted by Crippen LogP contribution is 2.35. The summed E-state index contributed by atoms with van der Waals surface area (Å²) in [5.41, 5.74) is 4.41. The van der Waals surface area contributed by atoms with E-state index in [1.165, 1.54) is 0 Å². The van der Waals surface area contributed by atoms with Crippen LogP contribution in [0, 0.1) is 6.92 Å². The number of ketones is 1. The third-order valence-corrected chi connectivity index (χ3v) is 5.62. The predicted octanol–water partition coefficient (Wildman–Crippen LogP) is 5.28. The molecule has 0 fully saturated rings. The van der Waals surface area contributed by atoms with E-state index in [0.29, 0.717) is 11.1 Å². The van der Waals surface area contributed by atoms with Gasteiger partial charge in [0.15, 0.2) is 5.78 Å². The van der Waals surface area contributed by atoms with Crippen LogP contribution in [0.2, 0.25) is 0 Å². The number of carbonyl (C=O) groups excluding carboxylic acids is 1. The summed E-state index contributed by atoms with van der Waals surface area (Å²) in [4.78, 5) is 14.0. The van der Waals surface area contributed by atoms with Gasteiger partial charge in [-0.05, 0) is 38.1 Å². The Morgan fingerprint density at radius 3 is 2.48 bits per heavy atom. The topological polar surface area (TPSA) is 47.8 Å². The number of aromatic nitrogens is 3. The van der Waals surface area contributed by atoms with Gasteiger partial charge in [-0.2, -0.15) is 0 Å². The van der Waals surface area contributed by atoms with Gasteiger partial charge >= 0.3 is 0 Å². The van der Waals surface area contributed by atoms with Crippen LogP contribution >= 0.6 is 11.8 Å². The smallest absolute Gasteiger partial charge is 0.194 e. The van der Waals surface area contributed by atoms with Crippen LogP contribution in [0.4, 0.5) is 0 Å². The van der Waals surface area contributed by atoms with Crippen molar-refractivity contribution >= 4 is 28.6 Å². The molecule has 4 rings (SSSR count). The van der Waals surface area contributed by atoms with Gasteiger partial charge in [0.2, 0.25) is 0 Å². The highest BCUT2D eigenvalue weighted by Gasteiger charge is 2.18. The van der Waals surface area contributed by atoms with Gasteiger partial charge in [-0.15, -0.1) is 5.10 Å². The Hall–Kier alpha value is -2.92. The summed E-state index contributed by atoms with van der Waals surface area (Å²) in [5.74, 6) is 0.0359.